The molecule has 0 atom stereocenters. The summed E-state index contributed by atoms with van der Waals surface area (Å²) in [5, 5.41) is 9.33. The smallest absolute Gasteiger partial charge is 0.337 e. The number of hydrogen-bond acceptors (Lipinski definition) is 3. The molecule has 0 saturated heterocycles. The molecule has 0 bridgehead atoms. The van der Waals surface area contributed by atoms with Crippen molar-refractivity contribution >= 4 is 28.8 Å². The fraction of sp³-hybridized carbons (Fsp3) is 0.429. The largest absolute Gasteiger partial charge is 0.478 e. The van der Waals surface area contributed by atoms with E-state index < -0.39 is 5.97 Å². The maximum Gasteiger partial charge on any atom is 0.337 e. The van der Waals surface area contributed by atoms with E-state index in [0.29, 0.717) is 5.56 Å². The lowest BCUT2D eigenvalue weighted by Crippen LogP contribution is -2.23. The van der Waals surface area contributed by atoms with Crippen LogP contribution in [0.3, 0.4) is 0 Å². The normalized spacial score (nSPS) is 12.0. The standard InChI is InChI=1S/C14H18N2O2S/c1-9-15-11-7-5-6-10(13(17)18)12(11)16(9)8-14(2,3)19-4/h5-7H,8H2,1-4H3,(H,17,18). The third kappa shape index (κ3) is 2.61. The highest BCUT2D eigenvalue weighted by Gasteiger charge is 2.22. The van der Waals surface area contributed by atoms with Gasteiger partial charge in [-0.25, -0.2) is 9.78 Å². The maximum absolute atomic E-state index is 11.4. The van der Waals surface area contributed by atoms with Gasteiger partial charge in [-0.3, -0.25) is 0 Å². The quantitative estimate of drug-likeness (QED) is 0.933. The number of thioether (sulfide) groups is 1. The molecule has 0 spiro atoms. The van der Waals surface area contributed by atoms with E-state index in [9.17, 15) is 9.90 Å². The molecule has 19 heavy (non-hydrogen) atoms. The molecule has 2 aromatic rings. The predicted octanol–water partition coefficient (Wildman–Crippen LogP) is 3.18. The third-order valence-electron chi connectivity index (χ3n) is 3.28. The minimum Gasteiger partial charge on any atom is -0.478 e. The molecule has 1 N–H and O–H groups in total. The lowest BCUT2D eigenvalue weighted by atomic mass is 10.1. The Balaban J connectivity index is 2.66. The van der Waals surface area contributed by atoms with Crippen molar-refractivity contribution in [3.05, 3.63) is 29.6 Å². The molecule has 1 heterocycles. The molecule has 1 aromatic heterocycles. The van der Waals surface area contributed by atoms with E-state index in [1.54, 1.807) is 23.9 Å². The molecule has 4 nitrogen and oxygen atoms in total. The van der Waals surface area contributed by atoms with Crippen molar-refractivity contribution in [3.63, 3.8) is 0 Å². The molecular weight excluding hydrogens is 260 g/mol. The molecule has 0 amide bonds. The second-order valence-corrected chi connectivity index (χ2v) is 6.70. The second kappa shape index (κ2) is 4.89. The summed E-state index contributed by atoms with van der Waals surface area (Å²) in [6, 6.07) is 5.23. The Kier molecular flexibility index (Phi) is 3.58. The zero-order chi connectivity index (χ0) is 14.2. The van der Waals surface area contributed by atoms with E-state index in [4.69, 9.17) is 0 Å². The van der Waals surface area contributed by atoms with Crippen LogP contribution in [0.2, 0.25) is 0 Å². The topological polar surface area (TPSA) is 55.1 Å². The number of para-hydroxylation sites is 1. The summed E-state index contributed by atoms with van der Waals surface area (Å²) in [6.45, 7) is 6.95. The van der Waals surface area contributed by atoms with Crippen molar-refractivity contribution in [2.75, 3.05) is 6.26 Å². The predicted molar refractivity (Wildman–Crippen MR) is 79.0 cm³/mol. The van der Waals surface area contributed by atoms with Crippen LogP contribution in [0.5, 0.6) is 0 Å². The molecule has 0 radical (unpaired) electrons. The van der Waals surface area contributed by atoms with Gasteiger partial charge in [0.15, 0.2) is 0 Å². The Morgan fingerprint density at radius 3 is 2.74 bits per heavy atom. The molecule has 0 fully saturated rings. The van der Waals surface area contributed by atoms with Crippen molar-refractivity contribution in [1.82, 2.24) is 9.55 Å². The number of carboxylic acids is 1. The van der Waals surface area contributed by atoms with Crippen molar-refractivity contribution in [2.45, 2.75) is 32.1 Å². The SMILES string of the molecule is CSC(C)(C)Cn1c(C)nc2cccc(C(=O)O)c21. The minimum atomic E-state index is -0.909. The molecule has 0 aliphatic carbocycles. The summed E-state index contributed by atoms with van der Waals surface area (Å²) in [4.78, 5) is 15.8. The number of carbonyl (C=O) groups is 1. The second-order valence-electron chi connectivity index (χ2n) is 5.19. The molecule has 5 heteroatoms. The molecule has 0 aliphatic rings. The van der Waals surface area contributed by atoms with Crippen LogP contribution in [0.25, 0.3) is 11.0 Å². The van der Waals surface area contributed by atoms with Gasteiger partial charge in [0.1, 0.15) is 5.82 Å². The Hall–Kier alpha value is -1.49. The van der Waals surface area contributed by atoms with Crippen molar-refractivity contribution < 1.29 is 9.90 Å². The van der Waals surface area contributed by atoms with E-state index in [2.05, 4.69) is 25.1 Å². The number of rotatable bonds is 4. The highest BCUT2D eigenvalue weighted by Crippen LogP contribution is 2.28. The lowest BCUT2D eigenvalue weighted by Gasteiger charge is -2.24. The maximum atomic E-state index is 11.4. The fourth-order valence-electron chi connectivity index (χ4n) is 2.11. The van der Waals surface area contributed by atoms with Gasteiger partial charge in [0.2, 0.25) is 0 Å². The van der Waals surface area contributed by atoms with Crippen molar-refractivity contribution in [3.8, 4) is 0 Å². The van der Waals surface area contributed by atoms with Crippen LogP contribution in [0, 0.1) is 6.92 Å². The molecule has 0 saturated carbocycles. The average Bonchev–Trinajstić information content (AvgIpc) is 2.65. The number of aryl methyl sites for hydroxylation is 1. The van der Waals surface area contributed by atoms with Gasteiger partial charge in [-0.05, 0) is 39.2 Å². The van der Waals surface area contributed by atoms with Gasteiger partial charge < -0.3 is 9.67 Å². The summed E-state index contributed by atoms with van der Waals surface area (Å²) in [5.74, 6) is -0.0560. The number of hydrogen-bond donors (Lipinski definition) is 1. The Morgan fingerprint density at radius 2 is 2.16 bits per heavy atom. The van der Waals surface area contributed by atoms with Crippen LogP contribution in [0.1, 0.15) is 30.0 Å². The Morgan fingerprint density at radius 1 is 1.47 bits per heavy atom. The highest BCUT2D eigenvalue weighted by molar-refractivity contribution is 7.99. The van der Waals surface area contributed by atoms with Gasteiger partial charge in [-0.2, -0.15) is 11.8 Å². The first kappa shape index (κ1) is 13.9. The summed E-state index contributed by atoms with van der Waals surface area (Å²) < 4.78 is 2.04. The van der Waals surface area contributed by atoms with Crippen LogP contribution in [-0.2, 0) is 6.54 Å². The van der Waals surface area contributed by atoms with Crippen LogP contribution in [0.4, 0.5) is 0 Å². The van der Waals surface area contributed by atoms with E-state index in [1.807, 2.05) is 17.6 Å². The number of nitrogens with zero attached hydrogens (tertiary/aromatic N) is 2. The van der Waals surface area contributed by atoms with Crippen LogP contribution in [-0.4, -0.2) is 31.6 Å². The molecular formula is C14H18N2O2S. The Labute approximate surface area is 116 Å². The van der Waals surface area contributed by atoms with Crippen molar-refractivity contribution in [2.24, 2.45) is 0 Å². The molecule has 0 unspecified atom stereocenters. The van der Waals surface area contributed by atoms with Gasteiger partial charge in [-0.15, -0.1) is 0 Å². The third-order valence-corrected chi connectivity index (χ3v) is 4.51. The first-order valence-electron chi connectivity index (χ1n) is 6.10. The zero-order valence-corrected chi connectivity index (χ0v) is 12.4. The van der Waals surface area contributed by atoms with Gasteiger partial charge in [0, 0.05) is 11.3 Å². The van der Waals surface area contributed by atoms with E-state index in [-0.39, 0.29) is 4.75 Å². The van der Waals surface area contributed by atoms with Gasteiger partial charge in [0.05, 0.1) is 16.6 Å². The molecule has 1 aromatic carbocycles. The van der Waals surface area contributed by atoms with Crippen LogP contribution >= 0.6 is 11.8 Å². The number of benzene rings is 1. The summed E-state index contributed by atoms with van der Waals surface area (Å²) in [7, 11) is 0. The number of carboxylic acid groups (broad SMARTS) is 1. The van der Waals surface area contributed by atoms with Gasteiger partial charge in [-0.1, -0.05) is 6.07 Å². The fourth-order valence-corrected chi connectivity index (χ4v) is 2.37. The monoisotopic (exact) mass is 278 g/mol. The van der Waals surface area contributed by atoms with Crippen LogP contribution < -0.4 is 0 Å². The van der Waals surface area contributed by atoms with Gasteiger partial charge >= 0.3 is 5.97 Å². The summed E-state index contributed by atoms with van der Waals surface area (Å²) in [6.07, 6.45) is 2.06. The average molecular weight is 278 g/mol. The molecule has 0 aliphatic heterocycles. The minimum absolute atomic E-state index is 0.0318. The number of fused-ring (bicyclic) bond motifs is 1. The first-order chi connectivity index (χ1) is 8.85. The molecule has 102 valence electrons. The number of aromatic carboxylic acids is 1. The lowest BCUT2D eigenvalue weighted by molar-refractivity contribution is 0.0698. The number of imidazole rings is 1. The summed E-state index contributed by atoms with van der Waals surface area (Å²) in [5.41, 5.74) is 1.78. The first-order valence-corrected chi connectivity index (χ1v) is 7.32. The number of aromatic nitrogens is 2. The Bertz CT molecular complexity index is 632. The highest BCUT2D eigenvalue weighted by atomic mass is 32.2. The van der Waals surface area contributed by atoms with Crippen molar-refractivity contribution in [1.29, 1.82) is 0 Å². The van der Waals surface area contributed by atoms with Gasteiger partial charge in [0.25, 0.3) is 0 Å². The molecule has 2 rings (SSSR count). The van der Waals surface area contributed by atoms with E-state index in [1.165, 1.54) is 0 Å². The van der Waals surface area contributed by atoms with E-state index in [0.717, 1.165) is 23.4 Å². The van der Waals surface area contributed by atoms with E-state index >= 15 is 0 Å². The summed E-state index contributed by atoms with van der Waals surface area (Å²) >= 11 is 1.76. The zero-order valence-electron chi connectivity index (χ0n) is 11.6. The van der Waals surface area contributed by atoms with Crippen LogP contribution in [0.15, 0.2) is 18.2 Å².